The fourth-order valence-corrected chi connectivity index (χ4v) is 2.27. The summed E-state index contributed by atoms with van der Waals surface area (Å²) in [6.07, 6.45) is 0.246. The minimum atomic E-state index is 0.246. The Morgan fingerprint density at radius 3 is 2.53 bits per heavy atom. The standard InChI is InChI=1S/C15H24BrNO2/c1-5-17-12(4)13-6-7-15(14(16)10-13)19-9-8-18-11(2)3/h6-7,10-12,17H,5,8-9H2,1-4H3. The molecule has 0 saturated heterocycles. The lowest BCUT2D eigenvalue weighted by atomic mass is 10.1. The minimum Gasteiger partial charge on any atom is -0.490 e. The van der Waals surface area contributed by atoms with Gasteiger partial charge in [0.25, 0.3) is 0 Å². The summed E-state index contributed by atoms with van der Waals surface area (Å²) in [6, 6.07) is 6.55. The Bertz CT molecular complexity index is 382. The van der Waals surface area contributed by atoms with Gasteiger partial charge in [-0.25, -0.2) is 0 Å². The van der Waals surface area contributed by atoms with Crippen LogP contribution in [-0.2, 0) is 4.74 Å². The van der Waals surface area contributed by atoms with Crippen molar-refractivity contribution in [1.29, 1.82) is 0 Å². The summed E-state index contributed by atoms with van der Waals surface area (Å²) in [5.41, 5.74) is 1.25. The Kier molecular flexibility index (Phi) is 7.42. The van der Waals surface area contributed by atoms with Crippen molar-refractivity contribution >= 4 is 15.9 Å². The SMILES string of the molecule is CCNC(C)c1ccc(OCCOC(C)C)c(Br)c1. The average Bonchev–Trinajstić information content (AvgIpc) is 2.36. The molecule has 0 bridgehead atoms. The molecule has 1 unspecified atom stereocenters. The van der Waals surface area contributed by atoms with Gasteiger partial charge in [-0.05, 0) is 60.9 Å². The van der Waals surface area contributed by atoms with Crippen LogP contribution >= 0.6 is 15.9 Å². The Hall–Kier alpha value is -0.580. The summed E-state index contributed by atoms with van der Waals surface area (Å²) in [5, 5.41) is 3.39. The number of nitrogens with one attached hydrogen (secondary N) is 1. The second-order valence-electron chi connectivity index (χ2n) is 4.74. The molecule has 3 nitrogen and oxygen atoms in total. The normalized spacial score (nSPS) is 12.7. The zero-order chi connectivity index (χ0) is 14.3. The number of hydrogen-bond donors (Lipinski definition) is 1. The summed E-state index contributed by atoms with van der Waals surface area (Å²) < 4.78 is 12.1. The monoisotopic (exact) mass is 329 g/mol. The van der Waals surface area contributed by atoms with Gasteiger partial charge >= 0.3 is 0 Å². The Morgan fingerprint density at radius 2 is 1.95 bits per heavy atom. The first-order valence-electron chi connectivity index (χ1n) is 6.81. The summed E-state index contributed by atoms with van der Waals surface area (Å²) in [5.74, 6) is 0.861. The van der Waals surface area contributed by atoms with Gasteiger partial charge in [-0.3, -0.25) is 0 Å². The van der Waals surface area contributed by atoms with Crippen molar-refractivity contribution in [2.75, 3.05) is 19.8 Å². The lowest BCUT2D eigenvalue weighted by Crippen LogP contribution is -2.17. The Labute approximate surface area is 124 Å². The Balaban J connectivity index is 2.52. The van der Waals surface area contributed by atoms with E-state index in [-0.39, 0.29) is 6.10 Å². The van der Waals surface area contributed by atoms with E-state index in [2.05, 4.69) is 47.2 Å². The molecule has 1 atom stereocenters. The van der Waals surface area contributed by atoms with E-state index in [0.29, 0.717) is 19.3 Å². The lowest BCUT2D eigenvalue weighted by molar-refractivity contribution is 0.0551. The molecule has 0 aromatic heterocycles. The number of ether oxygens (including phenoxy) is 2. The number of rotatable bonds is 8. The minimum absolute atomic E-state index is 0.246. The topological polar surface area (TPSA) is 30.5 Å². The largest absolute Gasteiger partial charge is 0.490 e. The van der Waals surface area contributed by atoms with Crippen LogP contribution in [0.4, 0.5) is 0 Å². The maximum Gasteiger partial charge on any atom is 0.133 e. The molecule has 108 valence electrons. The molecular formula is C15H24BrNO2. The van der Waals surface area contributed by atoms with Gasteiger partial charge in [-0.15, -0.1) is 0 Å². The first-order valence-corrected chi connectivity index (χ1v) is 7.61. The summed E-state index contributed by atoms with van der Waals surface area (Å²) >= 11 is 3.55. The van der Waals surface area contributed by atoms with Gasteiger partial charge in [0.05, 0.1) is 17.2 Å². The molecular weight excluding hydrogens is 306 g/mol. The molecule has 0 aliphatic rings. The van der Waals surface area contributed by atoms with Crippen LogP contribution in [0, 0.1) is 0 Å². The molecule has 0 aliphatic heterocycles. The lowest BCUT2D eigenvalue weighted by Gasteiger charge is -2.15. The van der Waals surface area contributed by atoms with Crippen molar-refractivity contribution in [3.63, 3.8) is 0 Å². The van der Waals surface area contributed by atoms with E-state index in [1.165, 1.54) is 5.56 Å². The molecule has 0 radical (unpaired) electrons. The molecule has 1 aromatic rings. The molecule has 1 aromatic carbocycles. The molecule has 0 heterocycles. The van der Waals surface area contributed by atoms with E-state index >= 15 is 0 Å². The molecule has 0 saturated carbocycles. The maximum atomic E-state index is 5.69. The molecule has 19 heavy (non-hydrogen) atoms. The Morgan fingerprint density at radius 1 is 1.21 bits per heavy atom. The highest BCUT2D eigenvalue weighted by atomic mass is 79.9. The highest BCUT2D eigenvalue weighted by molar-refractivity contribution is 9.10. The molecule has 1 rings (SSSR count). The second-order valence-corrected chi connectivity index (χ2v) is 5.59. The van der Waals surface area contributed by atoms with E-state index < -0.39 is 0 Å². The third-order valence-corrected chi connectivity index (χ3v) is 3.38. The number of halogens is 1. The van der Waals surface area contributed by atoms with Gasteiger partial charge in [-0.2, -0.15) is 0 Å². The zero-order valence-corrected chi connectivity index (χ0v) is 13.8. The fourth-order valence-electron chi connectivity index (χ4n) is 1.76. The van der Waals surface area contributed by atoms with Gasteiger partial charge in [-0.1, -0.05) is 13.0 Å². The van der Waals surface area contributed by atoms with Gasteiger partial charge in [0.2, 0.25) is 0 Å². The van der Waals surface area contributed by atoms with Crippen LogP contribution in [0.1, 0.15) is 39.3 Å². The van der Waals surface area contributed by atoms with E-state index in [4.69, 9.17) is 9.47 Å². The summed E-state index contributed by atoms with van der Waals surface area (Å²) in [7, 11) is 0. The van der Waals surface area contributed by atoms with Gasteiger partial charge in [0.15, 0.2) is 0 Å². The molecule has 0 fully saturated rings. The van der Waals surface area contributed by atoms with E-state index in [1.54, 1.807) is 0 Å². The number of hydrogen-bond acceptors (Lipinski definition) is 3. The van der Waals surface area contributed by atoms with Crippen molar-refractivity contribution in [3.05, 3.63) is 28.2 Å². The third kappa shape index (κ3) is 5.93. The van der Waals surface area contributed by atoms with Gasteiger partial charge in [0, 0.05) is 6.04 Å². The third-order valence-electron chi connectivity index (χ3n) is 2.76. The van der Waals surface area contributed by atoms with Crippen molar-refractivity contribution < 1.29 is 9.47 Å². The van der Waals surface area contributed by atoms with Crippen molar-refractivity contribution in [2.45, 2.75) is 39.8 Å². The van der Waals surface area contributed by atoms with Crippen molar-refractivity contribution in [2.24, 2.45) is 0 Å². The maximum absolute atomic E-state index is 5.69. The molecule has 4 heteroatoms. The molecule has 1 N–H and O–H groups in total. The number of benzene rings is 1. The van der Waals surface area contributed by atoms with E-state index in [9.17, 15) is 0 Å². The smallest absolute Gasteiger partial charge is 0.133 e. The van der Waals surface area contributed by atoms with Crippen molar-refractivity contribution in [3.8, 4) is 5.75 Å². The van der Waals surface area contributed by atoms with E-state index in [0.717, 1.165) is 16.8 Å². The first kappa shape index (κ1) is 16.5. The van der Waals surface area contributed by atoms with E-state index in [1.807, 2.05) is 19.9 Å². The van der Waals surface area contributed by atoms with Crippen LogP contribution < -0.4 is 10.1 Å². The highest BCUT2D eigenvalue weighted by Gasteiger charge is 2.07. The van der Waals surface area contributed by atoms with Crippen LogP contribution in [0.2, 0.25) is 0 Å². The van der Waals surface area contributed by atoms with Crippen LogP contribution in [0.3, 0.4) is 0 Å². The van der Waals surface area contributed by atoms with Crippen LogP contribution in [0.15, 0.2) is 22.7 Å². The summed E-state index contributed by atoms with van der Waals surface area (Å²) in [6.45, 7) is 10.4. The van der Waals surface area contributed by atoms with Crippen LogP contribution in [0.25, 0.3) is 0 Å². The molecule has 0 aliphatic carbocycles. The quantitative estimate of drug-likeness (QED) is 0.733. The first-order chi connectivity index (χ1) is 9.04. The van der Waals surface area contributed by atoms with Gasteiger partial charge < -0.3 is 14.8 Å². The fraction of sp³-hybridized carbons (Fsp3) is 0.600. The highest BCUT2D eigenvalue weighted by Crippen LogP contribution is 2.28. The molecule has 0 spiro atoms. The zero-order valence-electron chi connectivity index (χ0n) is 12.2. The predicted molar refractivity (Wildman–Crippen MR) is 82.8 cm³/mol. The average molecular weight is 330 g/mol. The second kappa shape index (κ2) is 8.56. The molecule has 0 amide bonds. The van der Waals surface area contributed by atoms with Crippen LogP contribution in [-0.4, -0.2) is 25.9 Å². The predicted octanol–water partition coefficient (Wildman–Crippen LogP) is 3.92. The van der Waals surface area contributed by atoms with Crippen LogP contribution in [0.5, 0.6) is 5.75 Å². The van der Waals surface area contributed by atoms with Gasteiger partial charge in [0.1, 0.15) is 12.4 Å². The summed E-state index contributed by atoms with van der Waals surface area (Å²) in [4.78, 5) is 0. The van der Waals surface area contributed by atoms with Crippen molar-refractivity contribution in [1.82, 2.24) is 5.32 Å².